The Hall–Kier alpha value is -2.47. The van der Waals surface area contributed by atoms with Crippen LogP contribution in [0.1, 0.15) is 32.9 Å². The fraction of sp³-hybridized carbons (Fsp3) is 0.318. The van der Waals surface area contributed by atoms with Gasteiger partial charge < -0.3 is 15.4 Å². The lowest BCUT2D eigenvalue weighted by Gasteiger charge is -2.16. The molecule has 2 N–H and O–H groups in total. The molecule has 10 heteroatoms. The number of thioether (sulfide) groups is 1. The lowest BCUT2D eigenvalue weighted by molar-refractivity contribution is 0.0949. The van der Waals surface area contributed by atoms with Crippen molar-refractivity contribution in [3.63, 3.8) is 0 Å². The first-order valence-electron chi connectivity index (χ1n) is 10.1. The number of nitrogens with zero attached hydrogens (tertiary/aromatic N) is 4. The van der Waals surface area contributed by atoms with Crippen LogP contribution in [0.25, 0.3) is 0 Å². The molecule has 0 saturated heterocycles. The fourth-order valence-electron chi connectivity index (χ4n) is 3.71. The van der Waals surface area contributed by atoms with Crippen molar-refractivity contribution < 1.29 is 9.53 Å². The second kappa shape index (κ2) is 10.4. The zero-order valence-corrected chi connectivity index (χ0v) is 20.7. The third-order valence-electron chi connectivity index (χ3n) is 5.24. The molecule has 32 heavy (non-hydrogen) atoms. The highest BCUT2D eigenvalue weighted by Gasteiger charge is 2.25. The number of carbonyl (C=O) groups excluding carboxylic acids is 1. The Morgan fingerprint density at radius 1 is 1.22 bits per heavy atom. The summed E-state index contributed by atoms with van der Waals surface area (Å²) < 4.78 is 6.44. The molecule has 3 aromatic rings. The lowest BCUT2D eigenvalue weighted by atomic mass is 10.1. The number of anilines is 1. The summed E-state index contributed by atoms with van der Waals surface area (Å²) in [5.74, 6) is 1.74. The molecule has 1 aliphatic rings. The third-order valence-corrected chi connectivity index (χ3v) is 6.62. The quantitative estimate of drug-likeness (QED) is 0.187. The van der Waals surface area contributed by atoms with E-state index in [1.807, 2.05) is 6.26 Å². The first-order valence-corrected chi connectivity index (χ1v) is 12.8. The molecule has 1 aromatic carbocycles. The zero-order chi connectivity index (χ0) is 22.5. The van der Waals surface area contributed by atoms with E-state index >= 15 is 0 Å². The van der Waals surface area contributed by atoms with E-state index in [0.29, 0.717) is 22.4 Å². The van der Waals surface area contributed by atoms with E-state index < -0.39 is 0 Å². The van der Waals surface area contributed by atoms with Gasteiger partial charge in [0.2, 0.25) is 0 Å². The predicted octanol–water partition coefficient (Wildman–Crippen LogP) is 3.44. The van der Waals surface area contributed by atoms with Crippen LogP contribution in [-0.2, 0) is 23.8 Å². The standard InChI is InChI=1S/C22H23IN6O2S/c1-31-18-9-14-8-16(7-13(14)6-15(18)10-23)28-20-17(11-27-22(29-20)32-2)21(30)26-12-19-24-4-3-5-25-19/h3-6,9,11,16H,7-8,10,12H2,1-2H3,(H,26,30)(H,27,28,29). The summed E-state index contributed by atoms with van der Waals surface area (Å²) >= 11 is 3.79. The Labute approximate surface area is 204 Å². The largest absolute Gasteiger partial charge is 0.496 e. The van der Waals surface area contributed by atoms with Crippen molar-refractivity contribution in [2.75, 3.05) is 18.7 Å². The van der Waals surface area contributed by atoms with Crippen molar-refractivity contribution in [2.24, 2.45) is 0 Å². The molecule has 4 rings (SSSR count). The van der Waals surface area contributed by atoms with Gasteiger partial charge in [-0.15, -0.1) is 0 Å². The summed E-state index contributed by atoms with van der Waals surface area (Å²) in [6.07, 6.45) is 8.48. The summed E-state index contributed by atoms with van der Waals surface area (Å²) in [4.78, 5) is 30.0. The SMILES string of the molecule is COc1cc2c(cc1CI)CC(Nc1nc(SC)ncc1C(=O)NCc1ncccn1)C2. The number of rotatable bonds is 8. The van der Waals surface area contributed by atoms with E-state index in [2.05, 4.69) is 65.3 Å². The predicted molar refractivity (Wildman–Crippen MR) is 133 cm³/mol. The second-order valence-electron chi connectivity index (χ2n) is 7.28. The van der Waals surface area contributed by atoms with Gasteiger partial charge in [0, 0.05) is 34.6 Å². The van der Waals surface area contributed by atoms with E-state index in [9.17, 15) is 4.79 Å². The summed E-state index contributed by atoms with van der Waals surface area (Å²) in [6, 6.07) is 6.22. The Bertz CT molecular complexity index is 1080. The molecule has 166 valence electrons. The number of halogens is 1. The van der Waals surface area contributed by atoms with E-state index in [1.165, 1.54) is 28.5 Å². The monoisotopic (exact) mass is 562 g/mol. The van der Waals surface area contributed by atoms with Gasteiger partial charge in [0.15, 0.2) is 5.16 Å². The second-order valence-corrected chi connectivity index (χ2v) is 8.82. The highest BCUT2D eigenvalue weighted by molar-refractivity contribution is 14.1. The molecule has 2 aromatic heterocycles. The average molecular weight is 562 g/mol. The highest BCUT2D eigenvalue weighted by Crippen LogP contribution is 2.32. The van der Waals surface area contributed by atoms with Gasteiger partial charge in [-0.2, -0.15) is 0 Å². The first kappa shape index (κ1) is 22.7. The molecule has 0 spiro atoms. The number of nitrogens with one attached hydrogen (secondary N) is 2. The number of aromatic nitrogens is 4. The van der Waals surface area contributed by atoms with E-state index in [1.54, 1.807) is 31.8 Å². The maximum Gasteiger partial charge on any atom is 0.256 e. The zero-order valence-electron chi connectivity index (χ0n) is 17.8. The first-order chi connectivity index (χ1) is 15.6. The molecule has 8 nitrogen and oxygen atoms in total. The number of amides is 1. The normalized spacial score (nSPS) is 14.7. The maximum absolute atomic E-state index is 12.9. The van der Waals surface area contributed by atoms with E-state index in [0.717, 1.165) is 23.0 Å². The van der Waals surface area contributed by atoms with Gasteiger partial charge in [-0.05, 0) is 42.4 Å². The van der Waals surface area contributed by atoms with Crippen LogP contribution in [0.5, 0.6) is 5.75 Å². The molecule has 0 fully saturated rings. The van der Waals surface area contributed by atoms with E-state index in [-0.39, 0.29) is 18.5 Å². The van der Waals surface area contributed by atoms with Gasteiger partial charge in [-0.1, -0.05) is 40.4 Å². The number of hydrogen-bond donors (Lipinski definition) is 2. The Balaban J connectivity index is 1.52. The minimum absolute atomic E-state index is 0.132. The third kappa shape index (κ3) is 5.12. The van der Waals surface area contributed by atoms with Crippen molar-refractivity contribution in [3.8, 4) is 5.75 Å². The van der Waals surface area contributed by atoms with Gasteiger partial charge in [-0.3, -0.25) is 4.79 Å². The molecule has 0 aliphatic heterocycles. The van der Waals surface area contributed by atoms with Crippen LogP contribution in [0.2, 0.25) is 0 Å². The average Bonchev–Trinajstić information content (AvgIpc) is 3.23. The Morgan fingerprint density at radius 3 is 2.66 bits per heavy atom. The number of ether oxygens (including phenoxy) is 1. The summed E-state index contributed by atoms with van der Waals surface area (Å²) in [5.41, 5.74) is 4.17. The maximum atomic E-state index is 12.9. The van der Waals surface area contributed by atoms with Gasteiger partial charge >= 0.3 is 0 Å². The molecule has 1 atom stereocenters. The van der Waals surface area contributed by atoms with Crippen molar-refractivity contribution in [1.29, 1.82) is 0 Å². The smallest absolute Gasteiger partial charge is 0.256 e. The van der Waals surface area contributed by atoms with Gasteiger partial charge in [0.25, 0.3) is 5.91 Å². The molecular formula is C22H23IN6O2S. The number of benzene rings is 1. The number of fused-ring (bicyclic) bond motifs is 1. The number of carbonyl (C=O) groups is 1. The molecule has 2 heterocycles. The van der Waals surface area contributed by atoms with Crippen LogP contribution in [-0.4, -0.2) is 45.3 Å². The topological polar surface area (TPSA) is 102 Å². The van der Waals surface area contributed by atoms with Crippen LogP contribution in [0.4, 0.5) is 5.82 Å². The molecule has 0 saturated carbocycles. The van der Waals surface area contributed by atoms with Crippen LogP contribution < -0.4 is 15.4 Å². The molecule has 1 unspecified atom stereocenters. The minimum Gasteiger partial charge on any atom is -0.496 e. The van der Waals surface area contributed by atoms with Gasteiger partial charge in [0.05, 0.1) is 13.7 Å². The number of hydrogen-bond acceptors (Lipinski definition) is 8. The highest BCUT2D eigenvalue weighted by atomic mass is 127. The minimum atomic E-state index is -0.267. The van der Waals surface area contributed by atoms with Crippen LogP contribution in [0.3, 0.4) is 0 Å². The van der Waals surface area contributed by atoms with Crippen molar-refractivity contribution in [2.45, 2.75) is 35.0 Å². The van der Waals surface area contributed by atoms with Crippen LogP contribution in [0, 0.1) is 0 Å². The Morgan fingerprint density at radius 2 is 1.97 bits per heavy atom. The van der Waals surface area contributed by atoms with Crippen molar-refractivity contribution >= 4 is 46.1 Å². The van der Waals surface area contributed by atoms with Crippen LogP contribution in [0.15, 0.2) is 41.9 Å². The molecule has 1 aliphatic carbocycles. The molecule has 0 radical (unpaired) electrons. The van der Waals surface area contributed by atoms with Crippen molar-refractivity contribution in [1.82, 2.24) is 25.3 Å². The summed E-state index contributed by atoms with van der Waals surface area (Å²) in [7, 11) is 1.71. The molecule has 1 amide bonds. The van der Waals surface area contributed by atoms with Gasteiger partial charge in [0.1, 0.15) is 23.0 Å². The van der Waals surface area contributed by atoms with Gasteiger partial charge in [-0.25, -0.2) is 19.9 Å². The fourth-order valence-corrected chi connectivity index (χ4v) is 4.64. The summed E-state index contributed by atoms with van der Waals surface area (Å²) in [6.45, 7) is 0.233. The van der Waals surface area contributed by atoms with Crippen molar-refractivity contribution in [3.05, 3.63) is 64.9 Å². The van der Waals surface area contributed by atoms with Crippen LogP contribution >= 0.6 is 34.4 Å². The summed E-state index contributed by atoms with van der Waals surface area (Å²) in [5, 5.41) is 6.95. The molecular weight excluding hydrogens is 539 g/mol. The number of methoxy groups -OCH3 is 1. The van der Waals surface area contributed by atoms with E-state index in [4.69, 9.17) is 4.74 Å². The number of alkyl halides is 1. The molecule has 0 bridgehead atoms. The lowest BCUT2D eigenvalue weighted by Crippen LogP contribution is -2.28. The Kier molecular flexibility index (Phi) is 7.40.